The Balaban J connectivity index is 1.58. The van der Waals surface area contributed by atoms with E-state index in [0.29, 0.717) is 44.8 Å². The van der Waals surface area contributed by atoms with Crippen LogP contribution < -0.4 is 14.8 Å². The second-order valence-corrected chi connectivity index (χ2v) is 9.14. The molecule has 200 valence electrons. The number of carboxylic acids is 1. The number of aromatic carboxylic acids is 1. The van der Waals surface area contributed by atoms with Crippen LogP contribution in [0.15, 0.2) is 60.9 Å². The highest BCUT2D eigenvalue weighted by Crippen LogP contribution is 2.35. The van der Waals surface area contributed by atoms with E-state index in [-0.39, 0.29) is 17.7 Å². The average Bonchev–Trinajstić information content (AvgIpc) is 3.27. The van der Waals surface area contributed by atoms with E-state index in [1.807, 2.05) is 0 Å². The van der Waals surface area contributed by atoms with Crippen molar-refractivity contribution in [2.45, 2.75) is 33.3 Å². The lowest BCUT2D eigenvalue weighted by Gasteiger charge is -2.28. The highest BCUT2D eigenvalue weighted by atomic mass is 16.6. The van der Waals surface area contributed by atoms with Crippen LogP contribution in [-0.4, -0.2) is 49.0 Å². The molecular weight excluding hydrogens is 502 g/mol. The molecule has 2 heterocycles. The number of fused-ring (bicyclic) bond motifs is 1. The molecule has 0 unspecified atom stereocenters. The van der Waals surface area contributed by atoms with Gasteiger partial charge in [-0.2, -0.15) is 10.4 Å². The van der Waals surface area contributed by atoms with Gasteiger partial charge in [-0.05, 0) is 69.7 Å². The van der Waals surface area contributed by atoms with E-state index in [2.05, 4.69) is 16.5 Å². The number of benzene rings is 2. The molecule has 0 atom stereocenters. The Morgan fingerprint density at radius 3 is 2.44 bits per heavy atom. The van der Waals surface area contributed by atoms with Crippen molar-refractivity contribution in [3.05, 3.63) is 77.6 Å². The van der Waals surface area contributed by atoms with Crippen molar-refractivity contribution in [1.29, 1.82) is 5.26 Å². The first-order valence-corrected chi connectivity index (χ1v) is 12.0. The zero-order valence-electron chi connectivity index (χ0n) is 21.8. The Kier molecular flexibility index (Phi) is 7.42. The molecule has 3 N–H and O–H groups in total. The number of para-hydroxylation sites is 2. The Morgan fingerprint density at radius 1 is 1.15 bits per heavy atom. The Hall–Kier alpha value is -5.08. The minimum Gasteiger partial charge on any atom is -0.478 e. The number of hydrogen-bond acceptors (Lipinski definition) is 8. The lowest BCUT2D eigenvalue weighted by molar-refractivity contribution is -0.179. The number of nitrogens with zero attached hydrogens (tertiary/aromatic N) is 4. The van der Waals surface area contributed by atoms with Crippen molar-refractivity contribution in [2.75, 3.05) is 11.9 Å². The predicted molar refractivity (Wildman–Crippen MR) is 142 cm³/mol. The summed E-state index contributed by atoms with van der Waals surface area (Å²) in [7, 11) is 0. The minimum absolute atomic E-state index is 0.0940. The summed E-state index contributed by atoms with van der Waals surface area (Å²) in [5.41, 5.74) is 1.04. The van der Waals surface area contributed by atoms with E-state index in [9.17, 15) is 25.2 Å². The molecule has 0 aliphatic heterocycles. The summed E-state index contributed by atoms with van der Waals surface area (Å²) >= 11 is 0. The van der Waals surface area contributed by atoms with Crippen LogP contribution in [-0.2, 0) is 4.79 Å². The number of aromatic nitrogens is 2. The molecule has 4 rings (SSSR count). The topological polar surface area (TPSA) is 149 Å². The maximum absolute atomic E-state index is 12.5. The third-order valence-corrected chi connectivity index (χ3v) is 6.02. The van der Waals surface area contributed by atoms with E-state index in [1.54, 1.807) is 76.2 Å². The van der Waals surface area contributed by atoms with Crippen LogP contribution in [0.25, 0.3) is 5.52 Å². The molecular formula is C28H27N5O6. The Morgan fingerprint density at radius 2 is 1.82 bits per heavy atom. The molecule has 11 nitrogen and oxygen atoms in total. The molecule has 0 radical (unpaired) electrons. The number of nitrogens with one attached hydrogen (secondary N) is 1. The van der Waals surface area contributed by atoms with Crippen molar-refractivity contribution in [3.8, 4) is 23.3 Å². The van der Waals surface area contributed by atoms with Gasteiger partial charge in [0.2, 0.25) is 0 Å². The number of carboxylic acid groups (broad SMARTS) is 1. The third-order valence-electron chi connectivity index (χ3n) is 6.02. The summed E-state index contributed by atoms with van der Waals surface area (Å²) in [6, 6.07) is 15.9. The standard InChI is InChI=1S/C28H27N5O6/c1-5-33(37)27(36)28(3,4)39-23-9-7-6-8-22(23)38-20-12-10-19(11-13-20)31-24-18(14-29)15-30-32-16-21(26(34)35)17(2)25(24)32/h6-13,15-16,31,37H,5H2,1-4H3,(H,34,35). The number of nitriles is 1. The maximum Gasteiger partial charge on any atom is 0.337 e. The van der Waals surface area contributed by atoms with Gasteiger partial charge in [0.25, 0.3) is 5.91 Å². The predicted octanol–water partition coefficient (Wildman–Crippen LogP) is 5.14. The van der Waals surface area contributed by atoms with E-state index in [0.717, 1.165) is 0 Å². The fraction of sp³-hybridized carbons (Fsp3) is 0.214. The molecule has 0 saturated carbocycles. The number of carbonyl (C=O) groups is 2. The van der Waals surface area contributed by atoms with Crippen LogP contribution in [0.1, 0.15) is 42.3 Å². The highest BCUT2D eigenvalue weighted by molar-refractivity contribution is 5.96. The number of hydrogen-bond donors (Lipinski definition) is 3. The van der Waals surface area contributed by atoms with Gasteiger partial charge in [-0.25, -0.2) is 14.4 Å². The zero-order valence-corrected chi connectivity index (χ0v) is 21.8. The van der Waals surface area contributed by atoms with Crippen LogP contribution >= 0.6 is 0 Å². The normalized spacial score (nSPS) is 11.1. The number of anilines is 2. The minimum atomic E-state index is -1.34. The Labute approximate surface area is 224 Å². The van der Waals surface area contributed by atoms with Gasteiger partial charge in [-0.1, -0.05) is 12.1 Å². The SMILES string of the molecule is CCN(O)C(=O)C(C)(C)Oc1ccccc1Oc1ccc(Nc2c(C#N)cnn3cc(C(=O)O)c(C)c23)cc1. The maximum atomic E-state index is 12.5. The summed E-state index contributed by atoms with van der Waals surface area (Å²) in [5, 5.41) is 36.9. The fourth-order valence-corrected chi connectivity index (χ4v) is 3.98. The zero-order chi connectivity index (χ0) is 28.3. The molecule has 1 amide bonds. The highest BCUT2D eigenvalue weighted by Gasteiger charge is 2.34. The number of aryl methyl sites for hydroxylation is 1. The fourth-order valence-electron chi connectivity index (χ4n) is 3.98. The smallest absolute Gasteiger partial charge is 0.337 e. The van der Waals surface area contributed by atoms with Gasteiger partial charge >= 0.3 is 5.97 Å². The van der Waals surface area contributed by atoms with E-state index >= 15 is 0 Å². The number of carbonyl (C=O) groups excluding carboxylic acids is 1. The van der Waals surface area contributed by atoms with Crippen LogP contribution in [0.3, 0.4) is 0 Å². The van der Waals surface area contributed by atoms with Gasteiger partial charge in [0.15, 0.2) is 17.1 Å². The summed E-state index contributed by atoms with van der Waals surface area (Å²) in [6.07, 6.45) is 2.78. The largest absolute Gasteiger partial charge is 0.478 e. The molecule has 39 heavy (non-hydrogen) atoms. The average molecular weight is 530 g/mol. The summed E-state index contributed by atoms with van der Waals surface area (Å²) in [5.74, 6) is -0.512. The third kappa shape index (κ3) is 5.46. The van der Waals surface area contributed by atoms with Gasteiger partial charge in [0.1, 0.15) is 11.8 Å². The summed E-state index contributed by atoms with van der Waals surface area (Å²) in [4.78, 5) is 24.1. The molecule has 0 saturated heterocycles. The molecule has 0 aliphatic rings. The first kappa shape index (κ1) is 27.0. The van der Waals surface area contributed by atoms with Gasteiger partial charge in [-0.15, -0.1) is 0 Å². The molecule has 0 aliphatic carbocycles. The van der Waals surface area contributed by atoms with Crippen molar-refractivity contribution in [2.24, 2.45) is 0 Å². The number of amides is 1. The van der Waals surface area contributed by atoms with Gasteiger partial charge < -0.3 is 19.9 Å². The van der Waals surface area contributed by atoms with Crippen LogP contribution in [0.5, 0.6) is 17.2 Å². The monoisotopic (exact) mass is 529 g/mol. The van der Waals surface area contributed by atoms with Crippen molar-refractivity contribution in [1.82, 2.24) is 14.7 Å². The summed E-state index contributed by atoms with van der Waals surface area (Å²) < 4.78 is 13.4. The lowest BCUT2D eigenvalue weighted by Crippen LogP contribution is -2.47. The van der Waals surface area contributed by atoms with Gasteiger partial charge in [0, 0.05) is 18.4 Å². The number of ether oxygens (including phenoxy) is 2. The van der Waals surface area contributed by atoms with Gasteiger partial charge in [0.05, 0.1) is 28.5 Å². The molecule has 0 spiro atoms. The molecule has 0 bridgehead atoms. The first-order valence-electron chi connectivity index (χ1n) is 12.0. The lowest BCUT2D eigenvalue weighted by atomic mass is 10.1. The van der Waals surface area contributed by atoms with E-state index < -0.39 is 17.5 Å². The molecule has 2 aromatic heterocycles. The van der Waals surface area contributed by atoms with Crippen LogP contribution in [0.4, 0.5) is 11.4 Å². The van der Waals surface area contributed by atoms with Crippen LogP contribution in [0, 0.1) is 18.3 Å². The first-order chi connectivity index (χ1) is 18.6. The number of rotatable bonds is 9. The van der Waals surface area contributed by atoms with Gasteiger partial charge in [-0.3, -0.25) is 10.0 Å². The number of likely N-dealkylation sites (N-methyl/N-ethyl adjacent to an activating group) is 1. The quantitative estimate of drug-likeness (QED) is 0.198. The molecule has 4 aromatic rings. The van der Waals surface area contributed by atoms with Crippen molar-refractivity contribution < 1.29 is 29.4 Å². The second kappa shape index (κ2) is 10.7. The number of hydroxylamine groups is 2. The van der Waals surface area contributed by atoms with Crippen molar-refractivity contribution in [3.63, 3.8) is 0 Å². The summed E-state index contributed by atoms with van der Waals surface area (Å²) in [6.45, 7) is 6.55. The molecule has 11 heteroatoms. The van der Waals surface area contributed by atoms with E-state index in [1.165, 1.54) is 16.9 Å². The van der Waals surface area contributed by atoms with Crippen molar-refractivity contribution >= 4 is 28.8 Å². The van der Waals surface area contributed by atoms with E-state index in [4.69, 9.17) is 9.47 Å². The molecule has 0 fully saturated rings. The Bertz CT molecular complexity index is 1590. The molecule has 2 aromatic carbocycles. The van der Waals surface area contributed by atoms with Crippen LogP contribution in [0.2, 0.25) is 0 Å². The second-order valence-electron chi connectivity index (χ2n) is 9.14.